The molecule has 0 aliphatic rings. The lowest BCUT2D eigenvalue weighted by molar-refractivity contribution is 0.299. The van der Waals surface area contributed by atoms with Crippen LogP contribution in [0.25, 0.3) is 0 Å². The first-order valence-electron chi connectivity index (χ1n) is 6.69. The molecule has 0 spiro atoms. The van der Waals surface area contributed by atoms with Gasteiger partial charge in [-0.25, -0.2) is 8.42 Å². The van der Waals surface area contributed by atoms with E-state index >= 15 is 0 Å². The Morgan fingerprint density at radius 1 is 1.05 bits per heavy atom. The number of rotatable bonds is 7. The summed E-state index contributed by atoms with van der Waals surface area (Å²) in [5.74, 6) is -0.0115. The molecule has 2 N–H and O–H groups in total. The van der Waals surface area contributed by atoms with Crippen LogP contribution in [0.3, 0.4) is 0 Å². The first kappa shape index (κ1) is 15.5. The lowest BCUT2D eigenvalue weighted by Crippen LogP contribution is -2.18. The van der Waals surface area contributed by atoms with Gasteiger partial charge in [0.2, 0.25) is 10.0 Å². The van der Waals surface area contributed by atoms with E-state index in [9.17, 15) is 8.42 Å². The van der Waals surface area contributed by atoms with E-state index in [1.165, 1.54) is 0 Å². The Balaban J connectivity index is 1.94. The Morgan fingerprint density at radius 3 is 2.43 bits per heavy atom. The van der Waals surface area contributed by atoms with Crippen molar-refractivity contribution in [3.05, 3.63) is 59.9 Å². The number of sulfonamides is 1. The molecule has 0 aliphatic heterocycles. The third kappa shape index (κ3) is 5.17. The maximum absolute atomic E-state index is 12.0. The van der Waals surface area contributed by atoms with Crippen molar-refractivity contribution < 1.29 is 13.5 Å². The van der Waals surface area contributed by atoms with Crippen molar-refractivity contribution >= 4 is 15.7 Å². The average molecular weight is 306 g/mol. The molecule has 21 heavy (non-hydrogen) atoms. The second-order valence-electron chi connectivity index (χ2n) is 4.66. The quantitative estimate of drug-likeness (QED) is 0.814. The van der Waals surface area contributed by atoms with E-state index in [-0.39, 0.29) is 12.4 Å². The minimum absolute atomic E-state index is 0.0115. The number of hydrogen-bond acceptors (Lipinski definition) is 4. The molecule has 0 saturated heterocycles. The maximum atomic E-state index is 12.0. The van der Waals surface area contributed by atoms with Crippen LogP contribution in [-0.4, -0.2) is 30.9 Å². The molecule has 2 aromatic rings. The molecule has 0 bridgehead atoms. The van der Waals surface area contributed by atoms with Crippen LogP contribution in [-0.2, 0) is 22.9 Å². The van der Waals surface area contributed by atoms with E-state index in [2.05, 4.69) is 9.71 Å². The van der Waals surface area contributed by atoms with Gasteiger partial charge in [0, 0.05) is 30.6 Å². The predicted molar refractivity (Wildman–Crippen MR) is 82.6 cm³/mol. The van der Waals surface area contributed by atoms with Crippen LogP contribution in [0.2, 0.25) is 0 Å². The highest BCUT2D eigenvalue weighted by Crippen LogP contribution is 2.12. The molecule has 1 aromatic carbocycles. The van der Waals surface area contributed by atoms with Gasteiger partial charge in [0.05, 0.1) is 5.75 Å². The van der Waals surface area contributed by atoms with Gasteiger partial charge in [0.15, 0.2) is 0 Å². The Hall–Kier alpha value is -1.92. The summed E-state index contributed by atoms with van der Waals surface area (Å²) in [5.41, 5.74) is 2.24. The van der Waals surface area contributed by atoms with Gasteiger partial charge in [-0.3, -0.25) is 9.71 Å². The van der Waals surface area contributed by atoms with Crippen LogP contribution >= 0.6 is 0 Å². The molecule has 6 heteroatoms. The van der Waals surface area contributed by atoms with E-state index in [4.69, 9.17) is 5.11 Å². The number of aliphatic hydroxyl groups is 1. The lowest BCUT2D eigenvalue weighted by atomic mass is 10.1. The largest absolute Gasteiger partial charge is 0.396 e. The highest BCUT2D eigenvalue weighted by Gasteiger charge is 2.11. The first-order valence-corrected chi connectivity index (χ1v) is 8.34. The van der Waals surface area contributed by atoms with E-state index in [0.29, 0.717) is 18.5 Å². The zero-order chi connectivity index (χ0) is 15.1. The van der Waals surface area contributed by atoms with Crippen molar-refractivity contribution in [1.29, 1.82) is 0 Å². The summed E-state index contributed by atoms with van der Waals surface area (Å²) in [7, 11) is -3.40. The molecule has 0 atom stereocenters. The molecule has 2 rings (SSSR count). The summed E-state index contributed by atoms with van der Waals surface area (Å²) < 4.78 is 26.5. The average Bonchev–Trinajstić information content (AvgIpc) is 2.48. The Morgan fingerprint density at radius 2 is 1.81 bits per heavy atom. The Kier molecular flexibility index (Phi) is 5.30. The van der Waals surface area contributed by atoms with Crippen LogP contribution in [0.1, 0.15) is 11.3 Å². The molecule has 0 amide bonds. The Bertz CT molecular complexity index is 655. The van der Waals surface area contributed by atoms with Crippen LogP contribution in [0.15, 0.2) is 48.7 Å². The van der Waals surface area contributed by atoms with Crippen molar-refractivity contribution in [3.8, 4) is 0 Å². The highest BCUT2D eigenvalue weighted by molar-refractivity contribution is 7.92. The number of anilines is 1. The number of benzene rings is 1. The second kappa shape index (κ2) is 7.19. The van der Waals surface area contributed by atoms with Crippen molar-refractivity contribution in [2.75, 3.05) is 17.1 Å². The summed E-state index contributed by atoms with van der Waals surface area (Å²) >= 11 is 0. The van der Waals surface area contributed by atoms with Crippen molar-refractivity contribution in [1.82, 2.24) is 4.98 Å². The fraction of sp³-hybridized carbons (Fsp3) is 0.267. The molecule has 0 radical (unpaired) electrons. The monoisotopic (exact) mass is 306 g/mol. The summed E-state index contributed by atoms with van der Waals surface area (Å²) in [6.07, 6.45) is 2.58. The summed E-state index contributed by atoms with van der Waals surface area (Å²) in [6, 6.07) is 12.4. The van der Waals surface area contributed by atoms with Crippen molar-refractivity contribution in [3.63, 3.8) is 0 Å². The number of aryl methyl sites for hydroxylation is 1. The normalized spacial score (nSPS) is 11.3. The van der Waals surface area contributed by atoms with E-state index in [1.807, 2.05) is 6.07 Å². The zero-order valence-electron chi connectivity index (χ0n) is 11.6. The number of hydrogen-bond donors (Lipinski definition) is 2. The molecule has 112 valence electrons. The molecular weight excluding hydrogens is 288 g/mol. The third-order valence-electron chi connectivity index (χ3n) is 2.98. The maximum Gasteiger partial charge on any atom is 0.233 e. The molecule has 1 aromatic heterocycles. The molecule has 0 unspecified atom stereocenters. The van der Waals surface area contributed by atoms with Crippen molar-refractivity contribution in [2.45, 2.75) is 12.8 Å². The molecule has 0 saturated carbocycles. The number of aliphatic hydroxyl groups excluding tert-OH is 1. The lowest BCUT2D eigenvalue weighted by Gasteiger charge is -2.08. The molecule has 0 fully saturated rings. The standard InChI is InChI=1S/C15H18N2O3S/c18-11-8-13-4-6-15(7-5-13)17-21(19,20)12-9-14-3-1-2-10-16-14/h1-7,10,17-18H,8-9,11-12H2. The van der Waals surface area contributed by atoms with Gasteiger partial charge in [-0.2, -0.15) is 0 Å². The minimum atomic E-state index is -3.40. The number of pyridine rings is 1. The second-order valence-corrected chi connectivity index (χ2v) is 6.50. The van der Waals surface area contributed by atoms with E-state index < -0.39 is 10.0 Å². The predicted octanol–water partition coefficient (Wildman–Crippen LogP) is 1.60. The molecular formula is C15H18N2O3S. The third-order valence-corrected chi connectivity index (χ3v) is 4.27. The van der Waals surface area contributed by atoms with Gasteiger partial charge in [-0.1, -0.05) is 18.2 Å². The van der Waals surface area contributed by atoms with Gasteiger partial charge in [0.25, 0.3) is 0 Å². The van der Waals surface area contributed by atoms with Gasteiger partial charge in [-0.05, 0) is 36.2 Å². The smallest absolute Gasteiger partial charge is 0.233 e. The topological polar surface area (TPSA) is 79.3 Å². The van der Waals surface area contributed by atoms with E-state index in [0.717, 1.165) is 11.3 Å². The highest BCUT2D eigenvalue weighted by atomic mass is 32.2. The van der Waals surface area contributed by atoms with Crippen LogP contribution in [0.5, 0.6) is 0 Å². The van der Waals surface area contributed by atoms with Gasteiger partial charge >= 0.3 is 0 Å². The van der Waals surface area contributed by atoms with Crippen LogP contribution < -0.4 is 4.72 Å². The first-order chi connectivity index (χ1) is 10.1. The summed E-state index contributed by atoms with van der Waals surface area (Å²) in [5, 5.41) is 8.84. The van der Waals surface area contributed by atoms with Gasteiger partial charge < -0.3 is 5.11 Å². The van der Waals surface area contributed by atoms with Gasteiger partial charge in [-0.15, -0.1) is 0 Å². The minimum Gasteiger partial charge on any atom is -0.396 e. The fourth-order valence-electron chi connectivity index (χ4n) is 1.88. The summed E-state index contributed by atoms with van der Waals surface area (Å²) in [4.78, 5) is 4.11. The Labute approximate surface area is 124 Å². The fourth-order valence-corrected chi connectivity index (χ4v) is 2.96. The number of aromatic nitrogens is 1. The number of nitrogens with zero attached hydrogens (tertiary/aromatic N) is 1. The van der Waals surface area contributed by atoms with Crippen LogP contribution in [0, 0.1) is 0 Å². The van der Waals surface area contributed by atoms with Crippen molar-refractivity contribution in [2.24, 2.45) is 0 Å². The molecule has 1 heterocycles. The molecule has 5 nitrogen and oxygen atoms in total. The van der Waals surface area contributed by atoms with Crippen LogP contribution in [0.4, 0.5) is 5.69 Å². The SMILES string of the molecule is O=S(=O)(CCc1ccccn1)Nc1ccc(CCO)cc1. The zero-order valence-corrected chi connectivity index (χ0v) is 12.4. The molecule has 0 aliphatic carbocycles. The van der Waals surface area contributed by atoms with Gasteiger partial charge in [0.1, 0.15) is 0 Å². The summed E-state index contributed by atoms with van der Waals surface area (Å²) in [6.45, 7) is 0.0785. The van der Waals surface area contributed by atoms with E-state index in [1.54, 1.807) is 42.6 Å². The number of nitrogens with one attached hydrogen (secondary N) is 1.